The maximum Gasteiger partial charge on any atom is 0.0568 e. The fourth-order valence-electron chi connectivity index (χ4n) is 1.85. The molecule has 0 atom stereocenters. The van der Waals surface area contributed by atoms with Crippen LogP contribution >= 0.6 is 0 Å². The number of nitrogen functional groups attached to an aromatic ring is 2. The lowest BCUT2D eigenvalue weighted by Crippen LogP contribution is -2.16. The van der Waals surface area contributed by atoms with Crippen molar-refractivity contribution in [1.29, 1.82) is 0 Å². The number of para-hydroxylation sites is 1. The number of nitrogens with two attached hydrogens (primary N) is 2. The molecule has 0 aliphatic heterocycles. The van der Waals surface area contributed by atoms with Crippen LogP contribution in [-0.4, -0.2) is 6.54 Å². The fourth-order valence-corrected chi connectivity index (χ4v) is 1.85. The second-order valence-electron chi connectivity index (χ2n) is 3.89. The molecule has 0 saturated heterocycles. The van der Waals surface area contributed by atoms with Gasteiger partial charge in [-0.2, -0.15) is 0 Å². The molecule has 4 N–H and O–H groups in total. The third-order valence-electron chi connectivity index (χ3n) is 2.77. The molecule has 0 aromatic heterocycles. The molecule has 0 fully saturated rings. The number of hydrogen-bond acceptors (Lipinski definition) is 3. The molecule has 0 amide bonds. The lowest BCUT2D eigenvalue weighted by molar-refractivity contribution is 1.02. The van der Waals surface area contributed by atoms with Crippen molar-refractivity contribution in [2.45, 2.75) is 6.92 Å². The monoisotopic (exact) mass is 227 g/mol. The average Bonchev–Trinajstić information content (AvgIpc) is 2.36. The van der Waals surface area contributed by atoms with Crippen molar-refractivity contribution in [3.8, 4) is 0 Å². The first-order valence-electron chi connectivity index (χ1n) is 5.70. The van der Waals surface area contributed by atoms with Gasteiger partial charge in [-0.05, 0) is 37.3 Å². The predicted molar refractivity (Wildman–Crippen MR) is 74.4 cm³/mol. The summed E-state index contributed by atoms with van der Waals surface area (Å²) in [5, 5.41) is 0. The lowest BCUT2D eigenvalue weighted by atomic mass is 10.2. The van der Waals surface area contributed by atoms with E-state index >= 15 is 0 Å². The van der Waals surface area contributed by atoms with E-state index in [-0.39, 0.29) is 0 Å². The van der Waals surface area contributed by atoms with E-state index in [0.717, 1.165) is 17.9 Å². The minimum absolute atomic E-state index is 0.622. The van der Waals surface area contributed by atoms with Gasteiger partial charge in [-0.15, -0.1) is 0 Å². The lowest BCUT2D eigenvalue weighted by Gasteiger charge is -2.23. The van der Waals surface area contributed by atoms with E-state index in [1.807, 2.05) is 36.4 Å². The van der Waals surface area contributed by atoms with Crippen LogP contribution in [-0.2, 0) is 0 Å². The van der Waals surface area contributed by atoms with Crippen LogP contribution in [0.5, 0.6) is 0 Å². The van der Waals surface area contributed by atoms with Crippen LogP contribution in [0.15, 0.2) is 48.5 Å². The molecular formula is C14H17N3. The van der Waals surface area contributed by atoms with Gasteiger partial charge in [0, 0.05) is 17.9 Å². The van der Waals surface area contributed by atoms with Gasteiger partial charge in [-0.1, -0.05) is 18.2 Å². The largest absolute Gasteiger partial charge is 0.397 e. The highest BCUT2D eigenvalue weighted by molar-refractivity contribution is 5.73. The molecule has 0 unspecified atom stereocenters. The van der Waals surface area contributed by atoms with E-state index in [4.69, 9.17) is 11.5 Å². The maximum atomic E-state index is 5.84. The van der Waals surface area contributed by atoms with Gasteiger partial charge >= 0.3 is 0 Å². The van der Waals surface area contributed by atoms with Gasteiger partial charge in [-0.25, -0.2) is 0 Å². The van der Waals surface area contributed by atoms with Crippen LogP contribution in [0.3, 0.4) is 0 Å². The van der Waals surface area contributed by atoms with Crippen molar-refractivity contribution in [2.75, 3.05) is 22.9 Å². The molecule has 0 radical (unpaired) electrons. The summed E-state index contributed by atoms with van der Waals surface area (Å²) in [7, 11) is 0. The van der Waals surface area contributed by atoms with Crippen molar-refractivity contribution in [2.24, 2.45) is 0 Å². The molecule has 2 aromatic rings. The second-order valence-corrected chi connectivity index (χ2v) is 3.89. The minimum Gasteiger partial charge on any atom is -0.397 e. The molecule has 0 aliphatic rings. The molecule has 0 spiro atoms. The fraction of sp³-hybridized carbons (Fsp3) is 0.143. The zero-order valence-electron chi connectivity index (χ0n) is 9.93. The molecule has 0 heterocycles. The summed E-state index contributed by atoms with van der Waals surface area (Å²) >= 11 is 0. The van der Waals surface area contributed by atoms with Crippen LogP contribution in [0.2, 0.25) is 0 Å². The van der Waals surface area contributed by atoms with Crippen molar-refractivity contribution in [3.63, 3.8) is 0 Å². The molecule has 0 aliphatic carbocycles. The summed E-state index contributed by atoms with van der Waals surface area (Å²) in [6.45, 7) is 2.99. The quantitative estimate of drug-likeness (QED) is 0.792. The molecule has 3 heteroatoms. The SMILES string of the molecule is CCN(c1ccccc1)c1ccc(N)c(N)c1. The topological polar surface area (TPSA) is 55.3 Å². The standard InChI is InChI=1S/C14H17N3/c1-2-17(11-6-4-3-5-7-11)12-8-9-13(15)14(16)10-12/h3-10H,2,15-16H2,1H3. The Balaban J connectivity index is 2.39. The number of nitrogens with zero attached hydrogens (tertiary/aromatic N) is 1. The van der Waals surface area contributed by atoms with E-state index in [1.54, 1.807) is 0 Å². The second kappa shape index (κ2) is 4.78. The van der Waals surface area contributed by atoms with Crippen LogP contribution in [0, 0.1) is 0 Å². The summed E-state index contributed by atoms with van der Waals surface area (Å²) in [4.78, 5) is 2.19. The van der Waals surface area contributed by atoms with Crippen LogP contribution in [0.1, 0.15) is 6.92 Å². The first-order chi connectivity index (χ1) is 8.22. The summed E-state index contributed by atoms with van der Waals surface area (Å²) in [5.74, 6) is 0. The first-order valence-corrected chi connectivity index (χ1v) is 5.70. The van der Waals surface area contributed by atoms with E-state index in [9.17, 15) is 0 Å². The molecule has 88 valence electrons. The smallest absolute Gasteiger partial charge is 0.0568 e. The average molecular weight is 227 g/mol. The van der Waals surface area contributed by atoms with E-state index in [2.05, 4.69) is 24.0 Å². The van der Waals surface area contributed by atoms with Gasteiger partial charge in [0.1, 0.15) is 0 Å². The highest BCUT2D eigenvalue weighted by Crippen LogP contribution is 2.28. The maximum absolute atomic E-state index is 5.84. The number of anilines is 4. The van der Waals surface area contributed by atoms with Gasteiger partial charge in [0.05, 0.1) is 11.4 Å². The number of hydrogen-bond donors (Lipinski definition) is 2. The van der Waals surface area contributed by atoms with Crippen molar-refractivity contribution >= 4 is 22.7 Å². The van der Waals surface area contributed by atoms with Crippen LogP contribution in [0.25, 0.3) is 0 Å². The van der Waals surface area contributed by atoms with Crippen molar-refractivity contribution in [3.05, 3.63) is 48.5 Å². The normalized spacial score (nSPS) is 10.2. The number of benzene rings is 2. The molecule has 17 heavy (non-hydrogen) atoms. The Hall–Kier alpha value is -2.16. The van der Waals surface area contributed by atoms with Crippen LogP contribution < -0.4 is 16.4 Å². The molecule has 3 nitrogen and oxygen atoms in total. The van der Waals surface area contributed by atoms with Crippen molar-refractivity contribution < 1.29 is 0 Å². The van der Waals surface area contributed by atoms with Gasteiger partial charge < -0.3 is 16.4 Å². The Morgan fingerprint density at radius 3 is 2.18 bits per heavy atom. The molecule has 0 bridgehead atoms. The van der Waals surface area contributed by atoms with E-state index in [0.29, 0.717) is 11.4 Å². The zero-order valence-corrected chi connectivity index (χ0v) is 9.93. The molecule has 2 rings (SSSR count). The van der Waals surface area contributed by atoms with Gasteiger partial charge in [0.15, 0.2) is 0 Å². The Morgan fingerprint density at radius 1 is 0.882 bits per heavy atom. The van der Waals surface area contributed by atoms with E-state index < -0.39 is 0 Å². The molecule has 2 aromatic carbocycles. The summed E-state index contributed by atoms with van der Waals surface area (Å²) in [6, 6.07) is 16.0. The highest BCUT2D eigenvalue weighted by Gasteiger charge is 2.07. The first kappa shape index (κ1) is 11.3. The number of rotatable bonds is 3. The van der Waals surface area contributed by atoms with Gasteiger partial charge in [0.25, 0.3) is 0 Å². The van der Waals surface area contributed by atoms with Gasteiger partial charge in [-0.3, -0.25) is 0 Å². The van der Waals surface area contributed by atoms with Gasteiger partial charge in [0.2, 0.25) is 0 Å². The van der Waals surface area contributed by atoms with Crippen LogP contribution in [0.4, 0.5) is 22.7 Å². The summed E-state index contributed by atoms with van der Waals surface area (Å²) in [6.07, 6.45) is 0. The third-order valence-corrected chi connectivity index (χ3v) is 2.77. The zero-order chi connectivity index (χ0) is 12.3. The Morgan fingerprint density at radius 2 is 1.59 bits per heavy atom. The van der Waals surface area contributed by atoms with Crippen molar-refractivity contribution in [1.82, 2.24) is 0 Å². The molecule has 0 saturated carbocycles. The summed E-state index contributed by atoms with van der Waals surface area (Å²) < 4.78 is 0. The third kappa shape index (κ3) is 2.33. The highest BCUT2D eigenvalue weighted by atomic mass is 15.1. The Kier molecular flexibility index (Phi) is 3.19. The minimum atomic E-state index is 0.622. The molecular weight excluding hydrogens is 210 g/mol. The van der Waals surface area contributed by atoms with E-state index in [1.165, 1.54) is 0 Å². The predicted octanol–water partition coefficient (Wildman–Crippen LogP) is 3.01. The Bertz CT molecular complexity index is 494. The summed E-state index contributed by atoms with van der Waals surface area (Å²) in [5.41, 5.74) is 15.0. The Labute approximate surface area is 102 Å².